The van der Waals surface area contributed by atoms with E-state index >= 15 is 0 Å². The molecule has 4 nitrogen and oxygen atoms in total. The molecular weight excluding hydrogens is 228 g/mol. The Morgan fingerprint density at radius 2 is 2.11 bits per heavy atom. The number of nitrogens with zero attached hydrogens (tertiary/aromatic N) is 1. The first-order valence-corrected chi connectivity index (χ1v) is 6.20. The average Bonchev–Trinajstić information content (AvgIpc) is 2.86. The Balaban J connectivity index is 2.09. The summed E-state index contributed by atoms with van der Waals surface area (Å²) in [6.07, 6.45) is 5.76. The highest BCUT2D eigenvalue weighted by Gasteiger charge is 2.22. The molecular formula is C14H16N2O2. The van der Waals surface area contributed by atoms with Gasteiger partial charge in [-0.2, -0.15) is 4.99 Å². The fourth-order valence-electron chi connectivity index (χ4n) is 2.33. The van der Waals surface area contributed by atoms with Gasteiger partial charge in [0.1, 0.15) is 0 Å². The van der Waals surface area contributed by atoms with Gasteiger partial charge in [-0.25, -0.2) is 4.79 Å². The maximum Gasteiger partial charge on any atom is 0.240 e. The molecule has 1 saturated carbocycles. The van der Waals surface area contributed by atoms with Gasteiger partial charge in [0.2, 0.25) is 12.0 Å². The van der Waals surface area contributed by atoms with Crippen molar-refractivity contribution in [2.45, 2.75) is 32.6 Å². The number of isocyanates is 1. The second-order valence-corrected chi connectivity index (χ2v) is 4.67. The molecule has 4 heteroatoms. The normalized spacial score (nSPS) is 15.2. The van der Waals surface area contributed by atoms with Crippen LogP contribution >= 0.6 is 0 Å². The second-order valence-electron chi connectivity index (χ2n) is 4.67. The molecule has 1 aliphatic rings. The molecule has 1 aliphatic carbocycles. The Labute approximate surface area is 106 Å². The number of aryl methyl sites for hydroxylation is 1. The molecule has 1 N–H and O–H groups in total. The lowest BCUT2D eigenvalue weighted by atomic mass is 10.1. The third-order valence-corrected chi connectivity index (χ3v) is 3.37. The summed E-state index contributed by atoms with van der Waals surface area (Å²) < 4.78 is 0. The number of nitrogens with one attached hydrogen (secondary N) is 1. The molecule has 0 radical (unpaired) electrons. The quantitative estimate of drug-likeness (QED) is 0.656. The van der Waals surface area contributed by atoms with Crippen molar-refractivity contribution in [2.75, 3.05) is 5.32 Å². The van der Waals surface area contributed by atoms with Gasteiger partial charge in [0.05, 0.1) is 5.69 Å². The van der Waals surface area contributed by atoms with E-state index < -0.39 is 0 Å². The second kappa shape index (κ2) is 5.61. The van der Waals surface area contributed by atoms with E-state index in [1.54, 1.807) is 18.2 Å². The lowest BCUT2D eigenvalue weighted by molar-refractivity contribution is -0.119. The minimum absolute atomic E-state index is 0.0993. The summed E-state index contributed by atoms with van der Waals surface area (Å²) in [7, 11) is 0. The first-order valence-electron chi connectivity index (χ1n) is 6.20. The molecule has 1 aromatic rings. The van der Waals surface area contributed by atoms with Crippen LogP contribution in [-0.2, 0) is 9.59 Å². The predicted octanol–water partition coefficient (Wildman–Crippen LogP) is 3.09. The van der Waals surface area contributed by atoms with E-state index in [1.807, 2.05) is 6.92 Å². The lowest BCUT2D eigenvalue weighted by Gasteiger charge is -2.12. The van der Waals surface area contributed by atoms with Gasteiger partial charge >= 0.3 is 0 Å². The molecule has 2 rings (SSSR count). The van der Waals surface area contributed by atoms with Crippen LogP contribution in [0.2, 0.25) is 0 Å². The summed E-state index contributed by atoms with van der Waals surface area (Å²) in [6.45, 7) is 1.88. The van der Waals surface area contributed by atoms with Crippen molar-refractivity contribution in [1.82, 2.24) is 0 Å². The summed E-state index contributed by atoms with van der Waals surface area (Å²) in [4.78, 5) is 25.7. The first-order chi connectivity index (χ1) is 8.70. The molecule has 0 aliphatic heterocycles. The number of aliphatic imine (C=N–C) groups is 1. The average molecular weight is 244 g/mol. The minimum atomic E-state index is 0.0993. The van der Waals surface area contributed by atoms with Gasteiger partial charge < -0.3 is 5.32 Å². The Morgan fingerprint density at radius 3 is 2.72 bits per heavy atom. The van der Waals surface area contributed by atoms with E-state index in [2.05, 4.69) is 10.3 Å². The number of benzene rings is 1. The molecule has 94 valence electrons. The van der Waals surface area contributed by atoms with Crippen LogP contribution in [0.4, 0.5) is 11.4 Å². The van der Waals surface area contributed by atoms with Crippen LogP contribution in [0.3, 0.4) is 0 Å². The van der Waals surface area contributed by atoms with Crippen LogP contribution in [0, 0.1) is 12.8 Å². The molecule has 0 aromatic heterocycles. The van der Waals surface area contributed by atoms with Crippen molar-refractivity contribution in [3.8, 4) is 0 Å². The van der Waals surface area contributed by atoms with Crippen molar-refractivity contribution in [2.24, 2.45) is 10.9 Å². The number of amides is 1. The third kappa shape index (κ3) is 2.84. The number of anilines is 1. The molecule has 1 amide bonds. The molecule has 1 aromatic carbocycles. The smallest absolute Gasteiger partial charge is 0.240 e. The molecule has 0 bridgehead atoms. The number of hydrogen-bond acceptors (Lipinski definition) is 3. The van der Waals surface area contributed by atoms with E-state index in [9.17, 15) is 9.59 Å². The lowest BCUT2D eigenvalue weighted by Crippen LogP contribution is -2.20. The number of rotatable bonds is 3. The minimum Gasteiger partial charge on any atom is -0.326 e. The van der Waals surface area contributed by atoms with Gasteiger partial charge in [-0.15, -0.1) is 0 Å². The Morgan fingerprint density at radius 1 is 1.39 bits per heavy atom. The molecule has 0 atom stereocenters. The molecule has 1 fully saturated rings. The van der Waals surface area contributed by atoms with Gasteiger partial charge in [0.15, 0.2) is 0 Å². The SMILES string of the molecule is Cc1cc(N=C=O)ccc1NC(=O)C1CCCC1. The first kappa shape index (κ1) is 12.5. The molecule has 0 saturated heterocycles. The van der Waals surface area contributed by atoms with Gasteiger partial charge in [-0.1, -0.05) is 12.8 Å². The van der Waals surface area contributed by atoms with Crippen LogP contribution < -0.4 is 5.32 Å². The van der Waals surface area contributed by atoms with Crippen LogP contribution in [0.5, 0.6) is 0 Å². The van der Waals surface area contributed by atoms with Crippen molar-refractivity contribution >= 4 is 23.4 Å². The largest absolute Gasteiger partial charge is 0.326 e. The van der Waals surface area contributed by atoms with E-state index in [4.69, 9.17) is 0 Å². The fraction of sp³-hybridized carbons (Fsp3) is 0.429. The van der Waals surface area contributed by atoms with E-state index in [0.29, 0.717) is 5.69 Å². The fourth-order valence-corrected chi connectivity index (χ4v) is 2.33. The maximum atomic E-state index is 12.0. The zero-order valence-corrected chi connectivity index (χ0v) is 10.4. The van der Waals surface area contributed by atoms with Crippen LogP contribution in [0.1, 0.15) is 31.2 Å². The Hall–Kier alpha value is -1.93. The van der Waals surface area contributed by atoms with Crippen molar-refractivity contribution in [1.29, 1.82) is 0 Å². The van der Waals surface area contributed by atoms with Gasteiger partial charge in [-0.05, 0) is 43.5 Å². The number of hydrogen-bond donors (Lipinski definition) is 1. The summed E-state index contributed by atoms with van der Waals surface area (Å²) in [5, 5.41) is 2.94. The number of carbonyl (C=O) groups is 1. The summed E-state index contributed by atoms with van der Waals surface area (Å²) in [5.74, 6) is 0.249. The highest BCUT2D eigenvalue weighted by Crippen LogP contribution is 2.27. The van der Waals surface area contributed by atoms with E-state index in [0.717, 1.165) is 36.9 Å². The predicted molar refractivity (Wildman–Crippen MR) is 69.5 cm³/mol. The van der Waals surface area contributed by atoms with Crippen LogP contribution in [0.25, 0.3) is 0 Å². The van der Waals surface area contributed by atoms with Gasteiger partial charge in [0, 0.05) is 11.6 Å². The van der Waals surface area contributed by atoms with Crippen molar-refractivity contribution in [3.05, 3.63) is 23.8 Å². The Bertz CT molecular complexity index is 499. The highest BCUT2D eigenvalue weighted by molar-refractivity contribution is 5.93. The van der Waals surface area contributed by atoms with E-state index in [1.165, 1.54) is 6.08 Å². The monoisotopic (exact) mass is 244 g/mol. The molecule has 18 heavy (non-hydrogen) atoms. The maximum absolute atomic E-state index is 12.0. The van der Waals surface area contributed by atoms with Crippen molar-refractivity contribution < 1.29 is 9.59 Å². The van der Waals surface area contributed by atoms with Crippen LogP contribution in [-0.4, -0.2) is 12.0 Å². The van der Waals surface area contributed by atoms with Gasteiger partial charge in [-0.3, -0.25) is 4.79 Å². The van der Waals surface area contributed by atoms with Gasteiger partial charge in [0.25, 0.3) is 0 Å². The zero-order valence-electron chi connectivity index (χ0n) is 10.4. The Kier molecular flexibility index (Phi) is 3.90. The summed E-state index contributed by atoms with van der Waals surface area (Å²) in [5.41, 5.74) is 2.25. The number of carbonyl (C=O) groups excluding carboxylic acids is 2. The highest BCUT2D eigenvalue weighted by atomic mass is 16.1. The zero-order chi connectivity index (χ0) is 13.0. The molecule has 0 spiro atoms. The van der Waals surface area contributed by atoms with E-state index in [-0.39, 0.29) is 11.8 Å². The van der Waals surface area contributed by atoms with Crippen LogP contribution in [0.15, 0.2) is 23.2 Å². The standard InChI is InChI=1S/C14H16N2O2/c1-10-8-12(15-9-17)6-7-13(10)16-14(18)11-4-2-3-5-11/h6-8,11H,2-5H2,1H3,(H,16,18). The van der Waals surface area contributed by atoms with Crippen molar-refractivity contribution in [3.63, 3.8) is 0 Å². The molecule has 0 unspecified atom stereocenters. The third-order valence-electron chi connectivity index (χ3n) is 3.37. The summed E-state index contributed by atoms with van der Waals surface area (Å²) in [6, 6.07) is 5.23. The topological polar surface area (TPSA) is 58.5 Å². The summed E-state index contributed by atoms with van der Waals surface area (Å²) >= 11 is 0. The molecule has 0 heterocycles.